The van der Waals surface area contributed by atoms with Crippen LogP contribution in [0.3, 0.4) is 0 Å². The predicted octanol–water partition coefficient (Wildman–Crippen LogP) is 5.46. The molecule has 0 bridgehead atoms. The normalized spacial score (nSPS) is 15.4. The van der Waals surface area contributed by atoms with Gasteiger partial charge in [-0.1, -0.05) is 47.6 Å². The van der Waals surface area contributed by atoms with E-state index in [0.29, 0.717) is 45.9 Å². The molecule has 2 heterocycles. The number of aromatic nitrogens is 2. The minimum atomic E-state index is -0.560. The van der Waals surface area contributed by atoms with Gasteiger partial charge in [-0.25, -0.2) is 4.79 Å². The quantitative estimate of drug-likeness (QED) is 0.361. The van der Waals surface area contributed by atoms with Crippen LogP contribution in [-0.2, 0) is 0 Å². The molecule has 4 aromatic rings. The Balaban J connectivity index is 1.68. The molecule has 0 radical (unpaired) electrons. The van der Waals surface area contributed by atoms with Crippen LogP contribution in [0, 0.1) is 0 Å². The molecule has 1 unspecified atom stereocenters. The van der Waals surface area contributed by atoms with E-state index in [1.165, 1.54) is 0 Å². The Hall–Kier alpha value is -4.79. The molecule has 0 fully saturated rings. The van der Waals surface area contributed by atoms with Gasteiger partial charge in [0.05, 0.1) is 38.6 Å². The molecule has 3 aromatic carbocycles. The summed E-state index contributed by atoms with van der Waals surface area (Å²) in [7, 11) is 4.72. The molecule has 5 rings (SSSR count). The lowest BCUT2D eigenvalue weighted by Gasteiger charge is -2.35. The average Bonchev–Trinajstić information content (AvgIpc) is 3.42. The second-order valence-corrected chi connectivity index (χ2v) is 8.35. The molecule has 0 aliphatic carbocycles. The lowest BCUT2D eigenvalue weighted by Crippen LogP contribution is -2.46. The van der Waals surface area contributed by atoms with Crippen LogP contribution in [-0.4, -0.2) is 37.5 Å². The second kappa shape index (κ2) is 10.1. The number of carbonyl (C=O) groups is 1. The van der Waals surface area contributed by atoms with Crippen molar-refractivity contribution in [1.82, 2.24) is 15.5 Å². The fraction of sp³-hybridized carbons (Fsp3) is 0.179. The van der Waals surface area contributed by atoms with Crippen LogP contribution >= 0.6 is 0 Å². The zero-order valence-corrected chi connectivity index (χ0v) is 20.9. The van der Waals surface area contributed by atoms with E-state index in [1.807, 2.05) is 61.5 Å². The van der Waals surface area contributed by atoms with Gasteiger partial charge in [-0.05, 0) is 24.6 Å². The molecule has 2 amide bonds. The summed E-state index contributed by atoms with van der Waals surface area (Å²) in [6.45, 7) is 1.85. The van der Waals surface area contributed by atoms with Crippen molar-refractivity contribution >= 4 is 17.3 Å². The summed E-state index contributed by atoms with van der Waals surface area (Å²) in [5, 5.41) is 7.31. The lowest BCUT2D eigenvalue weighted by atomic mass is 9.94. The van der Waals surface area contributed by atoms with Gasteiger partial charge >= 0.3 is 6.03 Å². The number of hydrogen-bond acceptors (Lipinski definition) is 7. The average molecular weight is 499 g/mol. The van der Waals surface area contributed by atoms with E-state index in [2.05, 4.69) is 10.5 Å². The Bertz CT molecular complexity index is 1440. The molecular formula is C28H26N4O5. The number of nitrogens with zero attached hydrogens (tertiary/aromatic N) is 3. The van der Waals surface area contributed by atoms with Crippen LogP contribution in [0.25, 0.3) is 17.0 Å². The van der Waals surface area contributed by atoms with Crippen molar-refractivity contribution in [3.05, 3.63) is 89.9 Å². The van der Waals surface area contributed by atoms with Crippen molar-refractivity contribution in [2.24, 2.45) is 0 Å². The number of nitrogens with one attached hydrogen (secondary N) is 1. The Morgan fingerprint density at radius 1 is 0.865 bits per heavy atom. The zero-order valence-electron chi connectivity index (χ0n) is 20.9. The molecule has 1 aromatic heterocycles. The van der Waals surface area contributed by atoms with Crippen molar-refractivity contribution in [2.45, 2.75) is 13.0 Å². The largest absolute Gasteiger partial charge is 0.497 e. The van der Waals surface area contributed by atoms with Gasteiger partial charge in [-0.15, -0.1) is 0 Å². The fourth-order valence-electron chi connectivity index (χ4n) is 4.36. The molecule has 9 nitrogen and oxygen atoms in total. The van der Waals surface area contributed by atoms with Crippen LogP contribution in [0.1, 0.15) is 24.4 Å². The highest BCUT2D eigenvalue weighted by Crippen LogP contribution is 2.41. The number of ether oxygens (including phenoxy) is 3. The monoisotopic (exact) mass is 498 g/mol. The zero-order chi connectivity index (χ0) is 25.9. The van der Waals surface area contributed by atoms with E-state index in [0.717, 1.165) is 11.1 Å². The second-order valence-electron chi connectivity index (χ2n) is 8.35. The Kier molecular flexibility index (Phi) is 6.51. The van der Waals surface area contributed by atoms with Crippen molar-refractivity contribution in [2.75, 3.05) is 26.2 Å². The SMILES string of the molecule is COc1cccc(C2NC(=O)N(c3cc(OC)cc(OC)c3)C(C)=C2c2nc(-c3ccccc3)no2)c1. The van der Waals surface area contributed by atoms with E-state index in [4.69, 9.17) is 23.7 Å². The van der Waals surface area contributed by atoms with Crippen LogP contribution < -0.4 is 24.4 Å². The van der Waals surface area contributed by atoms with E-state index in [1.54, 1.807) is 44.4 Å². The predicted molar refractivity (Wildman–Crippen MR) is 139 cm³/mol. The minimum absolute atomic E-state index is 0.295. The van der Waals surface area contributed by atoms with Crippen LogP contribution in [0.4, 0.5) is 10.5 Å². The van der Waals surface area contributed by atoms with Gasteiger partial charge in [0.2, 0.25) is 5.82 Å². The van der Waals surface area contributed by atoms with Crippen molar-refractivity contribution < 1.29 is 23.5 Å². The first kappa shape index (κ1) is 23.9. The van der Waals surface area contributed by atoms with Crippen LogP contribution in [0.15, 0.2) is 83.0 Å². The molecule has 37 heavy (non-hydrogen) atoms. The number of carbonyl (C=O) groups excluding carboxylic acids is 1. The number of methoxy groups -OCH3 is 3. The first-order chi connectivity index (χ1) is 18.0. The van der Waals surface area contributed by atoms with E-state index >= 15 is 0 Å². The summed E-state index contributed by atoms with van der Waals surface area (Å²) < 4.78 is 22.1. The summed E-state index contributed by atoms with van der Waals surface area (Å²) in [6, 6.07) is 21.5. The van der Waals surface area contributed by atoms with Gasteiger partial charge < -0.3 is 24.1 Å². The number of amides is 2. The number of hydrogen-bond donors (Lipinski definition) is 1. The maximum Gasteiger partial charge on any atom is 0.327 e. The standard InChI is InChI=1S/C28H26N4O5/c1-17-24(27-30-26(31-37-27)18-9-6-5-7-10-18)25(19-11-8-12-21(13-19)34-2)29-28(33)32(17)20-14-22(35-3)16-23(15-20)36-4/h5-16,25H,1-4H3,(H,29,33). The highest BCUT2D eigenvalue weighted by atomic mass is 16.5. The Labute approximate surface area is 214 Å². The van der Waals surface area contributed by atoms with Gasteiger partial charge in [-0.2, -0.15) is 4.98 Å². The molecule has 0 saturated heterocycles. The number of urea groups is 1. The Morgan fingerprint density at radius 2 is 1.57 bits per heavy atom. The number of anilines is 1. The first-order valence-corrected chi connectivity index (χ1v) is 11.6. The smallest absolute Gasteiger partial charge is 0.327 e. The molecule has 9 heteroatoms. The summed E-state index contributed by atoms with van der Waals surface area (Å²) in [5.41, 5.74) is 3.47. The lowest BCUT2D eigenvalue weighted by molar-refractivity contribution is 0.244. The molecular weight excluding hydrogens is 472 g/mol. The van der Waals surface area contributed by atoms with Gasteiger partial charge in [0.25, 0.3) is 5.89 Å². The first-order valence-electron chi connectivity index (χ1n) is 11.6. The molecule has 1 aliphatic rings. The third-order valence-electron chi connectivity index (χ3n) is 6.19. The Morgan fingerprint density at radius 3 is 2.24 bits per heavy atom. The summed E-state index contributed by atoms with van der Waals surface area (Å²) in [5.74, 6) is 2.51. The highest BCUT2D eigenvalue weighted by molar-refractivity contribution is 6.01. The molecule has 1 atom stereocenters. The van der Waals surface area contributed by atoms with Crippen molar-refractivity contribution in [3.8, 4) is 28.6 Å². The number of benzene rings is 3. The van der Waals surface area contributed by atoms with Gasteiger partial charge in [0.1, 0.15) is 17.2 Å². The summed E-state index contributed by atoms with van der Waals surface area (Å²) >= 11 is 0. The maximum absolute atomic E-state index is 13.5. The number of rotatable bonds is 7. The van der Waals surface area contributed by atoms with Gasteiger partial charge in [-0.3, -0.25) is 4.90 Å². The summed E-state index contributed by atoms with van der Waals surface area (Å²) in [6.07, 6.45) is 0. The van der Waals surface area contributed by atoms with Crippen molar-refractivity contribution in [1.29, 1.82) is 0 Å². The van der Waals surface area contributed by atoms with E-state index in [-0.39, 0.29) is 6.03 Å². The van der Waals surface area contributed by atoms with Crippen molar-refractivity contribution in [3.63, 3.8) is 0 Å². The van der Waals surface area contributed by atoms with E-state index < -0.39 is 6.04 Å². The van der Waals surface area contributed by atoms with Crippen LogP contribution in [0.5, 0.6) is 17.2 Å². The molecule has 188 valence electrons. The minimum Gasteiger partial charge on any atom is -0.497 e. The molecule has 0 spiro atoms. The fourth-order valence-corrected chi connectivity index (χ4v) is 4.36. The highest BCUT2D eigenvalue weighted by Gasteiger charge is 2.37. The third kappa shape index (κ3) is 4.58. The maximum atomic E-state index is 13.5. The van der Waals surface area contributed by atoms with E-state index in [9.17, 15) is 4.79 Å². The van der Waals surface area contributed by atoms with Gasteiger partial charge in [0.15, 0.2) is 0 Å². The van der Waals surface area contributed by atoms with Gasteiger partial charge in [0, 0.05) is 29.5 Å². The molecule has 1 N–H and O–H groups in total. The topological polar surface area (TPSA) is 99.0 Å². The molecule has 1 aliphatic heterocycles. The summed E-state index contributed by atoms with van der Waals surface area (Å²) in [4.78, 5) is 19.8. The number of allylic oxidation sites excluding steroid dienone is 1. The van der Waals surface area contributed by atoms with Crippen LogP contribution in [0.2, 0.25) is 0 Å². The molecule has 0 saturated carbocycles. The third-order valence-corrected chi connectivity index (χ3v) is 6.19.